The molecular formula is C21H28F2N4O3. The molecular weight excluding hydrogens is 394 g/mol. The minimum Gasteiger partial charge on any atom is -0.492 e. The van der Waals surface area contributed by atoms with E-state index >= 15 is 0 Å². The lowest BCUT2D eigenvalue weighted by atomic mass is 10.1. The van der Waals surface area contributed by atoms with E-state index in [1.54, 1.807) is 0 Å². The number of likely N-dealkylation sites (N-methyl/N-ethyl adjacent to an activating group) is 1. The van der Waals surface area contributed by atoms with Crippen molar-refractivity contribution in [3.05, 3.63) is 47.3 Å². The summed E-state index contributed by atoms with van der Waals surface area (Å²) < 4.78 is 38.5. The largest absolute Gasteiger partial charge is 0.492 e. The molecule has 1 fully saturated rings. The highest BCUT2D eigenvalue weighted by atomic mass is 19.3. The van der Waals surface area contributed by atoms with Gasteiger partial charge in [0.15, 0.2) is 0 Å². The number of hydrogen-bond donors (Lipinski definition) is 1. The van der Waals surface area contributed by atoms with Gasteiger partial charge in [-0.05, 0) is 37.6 Å². The first-order chi connectivity index (χ1) is 14.5. The maximum atomic E-state index is 13.1. The number of aromatic nitrogens is 2. The van der Waals surface area contributed by atoms with Crippen LogP contribution in [0.5, 0.6) is 5.75 Å². The Kier molecular flexibility index (Phi) is 7.75. The van der Waals surface area contributed by atoms with Gasteiger partial charge >= 0.3 is 0 Å². The first-order valence-corrected chi connectivity index (χ1v) is 10.0. The molecule has 0 radical (unpaired) electrons. The lowest BCUT2D eigenvalue weighted by Gasteiger charge is -2.31. The number of benzene rings is 1. The Labute approximate surface area is 174 Å². The predicted molar refractivity (Wildman–Crippen MR) is 108 cm³/mol. The van der Waals surface area contributed by atoms with Gasteiger partial charge in [-0.25, -0.2) is 8.78 Å². The van der Waals surface area contributed by atoms with Crippen molar-refractivity contribution in [3.8, 4) is 5.75 Å². The van der Waals surface area contributed by atoms with Crippen LogP contribution in [0.15, 0.2) is 30.5 Å². The Morgan fingerprint density at radius 1 is 1.40 bits per heavy atom. The molecule has 0 spiro atoms. The van der Waals surface area contributed by atoms with Crippen molar-refractivity contribution in [2.45, 2.75) is 31.9 Å². The van der Waals surface area contributed by atoms with E-state index in [1.165, 1.54) is 7.05 Å². The molecule has 2 heterocycles. The molecule has 1 aliphatic rings. The van der Waals surface area contributed by atoms with Gasteiger partial charge in [0.25, 0.3) is 12.3 Å². The van der Waals surface area contributed by atoms with E-state index in [9.17, 15) is 13.6 Å². The van der Waals surface area contributed by atoms with E-state index in [4.69, 9.17) is 9.47 Å². The maximum absolute atomic E-state index is 13.1. The zero-order valence-corrected chi connectivity index (χ0v) is 17.3. The summed E-state index contributed by atoms with van der Waals surface area (Å²) in [5.41, 5.74) is 0.315. The molecule has 30 heavy (non-hydrogen) atoms. The molecule has 1 aliphatic heterocycles. The molecule has 2 aromatic rings. The summed E-state index contributed by atoms with van der Waals surface area (Å²) in [5, 5.41) is 6.42. The van der Waals surface area contributed by atoms with Gasteiger partial charge < -0.3 is 14.8 Å². The van der Waals surface area contributed by atoms with Gasteiger partial charge in [0.2, 0.25) is 0 Å². The van der Waals surface area contributed by atoms with Crippen molar-refractivity contribution < 1.29 is 23.0 Å². The van der Waals surface area contributed by atoms with Crippen molar-refractivity contribution in [2.75, 3.05) is 33.4 Å². The number of alkyl halides is 2. The SMILES string of the molecule is CN(CCOc1cccc(CNC(=O)c2cnn(C)c2C(F)F)c1)C1CCOCC1. The van der Waals surface area contributed by atoms with Gasteiger partial charge in [0.05, 0.1) is 11.8 Å². The molecule has 0 bridgehead atoms. The average Bonchev–Trinajstić information content (AvgIpc) is 3.14. The second-order valence-electron chi connectivity index (χ2n) is 7.37. The minimum atomic E-state index is -2.77. The average molecular weight is 422 g/mol. The fourth-order valence-corrected chi connectivity index (χ4v) is 3.52. The summed E-state index contributed by atoms with van der Waals surface area (Å²) in [6, 6.07) is 7.91. The summed E-state index contributed by atoms with van der Waals surface area (Å²) in [6.07, 6.45) is 0.464. The van der Waals surface area contributed by atoms with Crippen LogP contribution in [0.3, 0.4) is 0 Å². The van der Waals surface area contributed by atoms with Crippen LogP contribution in [0.4, 0.5) is 8.78 Å². The zero-order chi connectivity index (χ0) is 21.5. The van der Waals surface area contributed by atoms with Gasteiger partial charge in [-0.15, -0.1) is 0 Å². The van der Waals surface area contributed by atoms with E-state index in [0.717, 1.165) is 49.0 Å². The van der Waals surface area contributed by atoms with Gasteiger partial charge in [0.1, 0.15) is 18.1 Å². The van der Waals surface area contributed by atoms with Crippen molar-refractivity contribution >= 4 is 5.91 Å². The van der Waals surface area contributed by atoms with Crippen LogP contribution in [0, 0.1) is 0 Å². The van der Waals surface area contributed by atoms with Crippen LogP contribution in [-0.2, 0) is 18.3 Å². The highest BCUT2D eigenvalue weighted by molar-refractivity contribution is 5.95. The lowest BCUT2D eigenvalue weighted by Crippen LogP contribution is -2.38. The molecule has 0 unspecified atom stereocenters. The van der Waals surface area contributed by atoms with E-state index in [-0.39, 0.29) is 12.1 Å². The number of rotatable bonds is 9. The number of hydrogen-bond acceptors (Lipinski definition) is 5. The first-order valence-electron chi connectivity index (χ1n) is 10.0. The second-order valence-corrected chi connectivity index (χ2v) is 7.37. The number of ether oxygens (including phenoxy) is 2. The van der Waals surface area contributed by atoms with Gasteiger partial charge in [-0.3, -0.25) is 14.4 Å². The Morgan fingerprint density at radius 2 is 2.17 bits per heavy atom. The van der Waals surface area contributed by atoms with Crippen LogP contribution >= 0.6 is 0 Å². The molecule has 0 atom stereocenters. The zero-order valence-electron chi connectivity index (χ0n) is 17.3. The standard InChI is InChI=1S/C21H28F2N4O3/c1-26(16-6-9-29-10-7-16)8-11-30-17-5-3-4-15(12-17)13-24-21(28)18-14-25-27(2)19(18)20(22)23/h3-5,12,14,16,20H,6-11,13H2,1-2H3,(H,24,28). The van der Waals surface area contributed by atoms with Crippen LogP contribution < -0.4 is 10.1 Å². The van der Waals surface area contributed by atoms with Crippen molar-refractivity contribution in [2.24, 2.45) is 7.05 Å². The smallest absolute Gasteiger partial charge is 0.280 e. The Bertz CT molecular complexity index is 837. The molecule has 1 aromatic heterocycles. The van der Waals surface area contributed by atoms with E-state index in [0.29, 0.717) is 18.4 Å². The molecule has 3 rings (SSSR count). The molecule has 0 saturated carbocycles. The van der Waals surface area contributed by atoms with Crippen LogP contribution in [0.25, 0.3) is 0 Å². The highest BCUT2D eigenvalue weighted by Gasteiger charge is 2.23. The second kappa shape index (κ2) is 10.5. The fraction of sp³-hybridized carbons (Fsp3) is 0.524. The number of aryl methyl sites for hydroxylation is 1. The van der Waals surface area contributed by atoms with Gasteiger partial charge in [-0.1, -0.05) is 12.1 Å². The maximum Gasteiger partial charge on any atom is 0.280 e. The number of carbonyl (C=O) groups excluding carboxylic acids is 1. The van der Waals surface area contributed by atoms with Crippen LogP contribution in [0.2, 0.25) is 0 Å². The number of amides is 1. The van der Waals surface area contributed by atoms with E-state index in [2.05, 4.69) is 22.4 Å². The topological polar surface area (TPSA) is 68.6 Å². The minimum absolute atomic E-state index is 0.115. The Morgan fingerprint density at radius 3 is 2.90 bits per heavy atom. The summed E-state index contributed by atoms with van der Waals surface area (Å²) in [7, 11) is 3.48. The summed E-state index contributed by atoms with van der Waals surface area (Å²) in [5.74, 6) is 0.125. The van der Waals surface area contributed by atoms with Gasteiger partial charge in [-0.2, -0.15) is 5.10 Å². The third-order valence-electron chi connectivity index (χ3n) is 5.31. The molecule has 1 saturated heterocycles. The number of nitrogens with zero attached hydrogens (tertiary/aromatic N) is 3. The number of nitrogens with one attached hydrogen (secondary N) is 1. The molecule has 164 valence electrons. The van der Waals surface area contributed by atoms with Gasteiger partial charge in [0, 0.05) is 39.4 Å². The highest BCUT2D eigenvalue weighted by Crippen LogP contribution is 2.22. The Balaban J connectivity index is 1.49. The third kappa shape index (κ3) is 5.76. The van der Waals surface area contributed by atoms with E-state index < -0.39 is 18.0 Å². The molecule has 7 nitrogen and oxygen atoms in total. The number of carbonyl (C=O) groups is 1. The lowest BCUT2D eigenvalue weighted by molar-refractivity contribution is 0.0392. The Hall–Kier alpha value is -2.52. The quantitative estimate of drug-likeness (QED) is 0.673. The van der Waals surface area contributed by atoms with E-state index in [1.807, 2.05) is 24.3 Å². The fourth-order valence-electron chi connectivity index (χ4n) is 3.52. The third-order valence-corrected chi connectivity index (χ3v) is 5.31. The molecule has 1 amide bonds. The molecule has 0 aliphatic carbocycles. The van der Waals surface area contributed by atoms with Crippen molar-refractivity contribution in [1.29, 1.82) is 0 Å². The van der Waals surface area contributed by atoms with Crippen LogP contribution in [-0.4, -0.2) is 60.0 Å². The summed E-state index contributed by atoms with van der Waals surface area (Å²) >= 11 is 0. The summed E-state index contributed by atoms with van der Waals surface area (Å²) in [4.78, 5) is 14.6. The predicted octanol–water partition coefficient (Wildman–Crippen LogP) is 2.78. The molecule has 1 N–H and O–H groups in total. The monoisotopic (exact) mass is 422 g/mol. The normalized spacial score (nSPS) is 15.0. The van der Waals surface area contributed by atoms with Crippen LogP contribution in [0.1, 0.15) is 40.9 Å². The molecule has 1 aromatic carbocycles. The summed E-state index contributed by atoms with van der Waals surface area (Å²) in [6.45, 7) is 3.18. The first kappa shape index (κ1) is 22.2. The van der Waals surface area contributed by atoms with Crippen molar-refractivity contribution in [3.63, 3.8) is 0 Å². The van der Waals surface area contributed by atoms with Crippen molar-refractivity contribution in [1.82, 2.24) is 20.0 Å². The number of halogens is 2. The molecule has 9 heteroatoms.